The minimum atomic E-state index is 0.0793. The van der Waals surface area contributed by atoms with Gasteiger partial charge in [0.25, 0.3) is 0 Å². The fraction of sp³-hybridized carbons (Fsp3) is 0.429. The van der Waals surface area contributed by atoms with Crippen LogP contribution in [0.3, 0.4) is 0 Å². The molecule has 5 heteroatoms. The van der Waals surface area contributed by atoms with Gasteiger partial charge in [0.2, 0.25) is 5.91 Å². The van der Waals surface area contributed by atoms with Crippen LogP contribution in [-0.2, 0) is 4.79 Å². The Bertz CT molecular complexity index is 498. The minimum absolute atomic E-state index is 0.0793. The summed E-state index contributed by atoms with van der Waals surface area (Å²) in [6.07, 6.45) is 5.47. The van der Waals surface area contributed by atoms with E-state index in [1.54, 1.807) is 0 Å². The third-order valence-corrected chi connectivity index (χ3v) is 4.37. The largest absolute Gasteiger partial charge is 0.389 e. The van der Waals surface area contributed by atoms with E-state index < -0.39 is 0 Å². The van der Waals surface area contributed by atoms with Crippen LogP contribution in [0.4, 0.5) is 5.69 Å². The van der Waals surface area contributed by atoms with Gasteiger partial charge in [-0.3, -0.25) is 4.79 Å². The molecule has 3 nitrogen and oxygen atoms in total. The molecule has 1 aromatic carbocycles. The van der Waals surface area contributed by atoms with Gasteiger partial charge in [-0.1, -0.05) is 25.1 Å². The monoisotopic (exact) mass is 340 g/mol. The third-order valence-electron chi connectivity index (χ3n) is 3.48. The molecule has 1 aromatic rings. The van der Waals surface area contributed by atoms with Crippen LogP contribution in [0.5, 0.6) is 0 Å². The van der Waals surface area contributed by atoms with Crippen molar-refractivity contribution in [2.75, 3.05) is 5.32 Å². The average Bonchev–Trinajstić information content (AvgIpc) is 2.84. The molecule has 102 valence electrons. The Labute approximate surface area is 127 Å². The number of hydrogen-bond acceptors (Lipinski definition) is 2. The molecular weight excluding hydrogens is 324 g/mol. The van der Waals surface area contributed by atoms with Crippen molar-refractivity contribution in [2.24, 2.45) is 11.7 Å². The van der Waals surface area contributed by atoms with Crippen LogP contribution in [0.2, 0.25) is 0 Å². The summed E-state index contributed by atoms with van der Waals surface area (Å²) < 4.78 is 0.803. The van der Waals surface area contributed by atoms with E-state index >= 15 is 0 Å². The normalized spacial score (nSPS) is 15.4. The Kier molecular flexibility index (Phi) is 4.93. The Morgan fingerprint density at radius 1 is 1.42 bits per heavy atom. The van der Waals surface area contributed by atoms with Crippen molar-refractivity contribution >= 4 is 44.7 Å². The molecule has 19 heavy (non-hydrogen) atoms. The molecule has 0 bridgehead atoms. The molecule has 1 aliphatic rings. The molecule has 1 amide bonds. The highest BCUT2D eigenvalue weighted by molar-refractivity contribution is 9.10. The lowest BCUT2D eigenvalue weighted by Crippen LogP contribution is -2.16. The van der Waals surface area contributed by atoms with Gasteiger partial charge >= 0.3 is 0 Å². The second kappa shape index (κ2) is 6.48. The first-order valence-corrected chi connectivity index (χ1v) is 7.65. The highest BCUT2D eigenvalue weighted by Gasteiger charge is 2.18. The lowest BCUT2D eigenvalue weighted by Gasteiger charge is -2.11. The van der Waals surface area contributed by atoms with Crippen LogP contribution in [-0.4, -0.2) is 10.9 Å². The van der Waals surface area contributed by atoms with E-state index in [-0.39, 0.29) is 5.91 Å². The van der Waals surface area contributed by atoms with Crippen molar-refractivity contribution in [3.63, 3.8) is 0 Å². The molecular formula is C14H17BrN2OS. The molecule has 0 saturated heterocycles. The van der Waals surface area contributed by atoms with Crippen LogP contribution in [0, 0.1) is 5.92 Å². The number of halogens is 1. The maximum absolute atomic E-state index is 12.0. The highest BCUT2D eigenvalue weighted by atomic mass is 79.9. The molecule has 1 saturated carbocycles. The summed E-state index contributed by atoms with van der Waals surface area (Å²) in [4.78, 5) is 12.3. The third kappa shape index (κ3) is 4.01. The van der Waals surface area contributed by atoms with Crippen molar-refractivity contribution in [3.05, 3.63) is 28.2 Å². The predicted octanol–water partition coefficient (Wildman–Crippen LogP) is 3.60. The maximum atomic E-state index is 12.0. The van der Waals surface area contributed by atoms with E-state index in [9.17, 15) is 4.79 Å². The second-order valence-corrected chi connectivity index (χ2v) is 6.26. The molecule has 0 radical (unpaired) electrons. The summed E-state index contributed by atoms with van der Waals surface area (Å²) in [5.74, 6) is 0.630. The molecule has 0 aromatic heterocycles. The average molecular weight is 341 g/mol. The molecule has 1 fully saturated rings. The van der Waals surface area contributed by atoms with Crippen LogP contribution in [0.15, 0.2) is 22.7 Å². The lowest BCUT2D eigenvalue weighted by atomic mass is 10.0. The summed E-state index contributed by atoms with van der Waals surface area (Å²) in [7, 11) is 0. The van der Waals surface area contributed by atoms with Gasteiger partial charge in [-0.2, -0.15) is 0 Å². The number of carbonyl (C=O) groups is 1. The molecule has 0 unspecified atom stereocenters. The second-order valence-electron chi connectivity index (χ2n) is 4.96. The zero-order chi connectivity index (χ0) is 13.8. The minimum Gasteiger partial charge on any atom is -0.389 e. The summed E-state index contributed by atoms with van der Waals surface area (Å²) in [5, 5.41) is 2.93. The Morgan fingerprint density at radius 3 is 2.68 bits per heavy atom. The zero-order valence-electron chi connectivity index (χ0n) is 10.6. The van der Waals surface area contributed by atoms with Crippen molar-refractivity contribution in [2.45, 2.75) is 32.1 Å². The fourth-order valence-corrected chi connectivity index (χ4v) is 3.05. The SMILES string of the molecule is NC(=S)c1ccc(NC(=O)CC2CCCC2)c(Br)c1. The van der Waals surface area contributed by atoms with E-state index in [0.717, 1.165) is 15.7 Å². The van der Waals surface area contributed by atoms with Crippen LogP contribution < -0.4 is 11.1 Å². The number of nitrogens with two attached hydrogens (primary N) is 1. The van der Waals surface area contributed by atoms with E-state index in [1.165, 1.54) is 25.7 Å². The first-order valence-electron chi connectivity index (χ1n) is 6.45. The molecule has 2 rings (SSSR count). The Balaban J connectivity index is 1.98. The number of benzene rings is 1. The summed E-state index contributed by atoms with van der Waals surface area (Å²) in [5.41, 5.74) is 7.12. The Hall–Kier alpha value is -0.940. The smallest absolute Gasteiger partial charge is 0.224 e. The van der Waals surface area contributed by atoms with Crippen molar-refractivity contribution in [1.29, 1.82) is 0 Å². The summed E-state index contributed by atoms with van der Waals surface area (Å²) in [6.45, 7) is 0. The first kappa shape index (κ1) is 14.5. The quantitative estimate of drug-likeness (QED) is 0.823. The molecule has 0 heterocycles. The molecule has 0 atom stereocenters. The van der Waals surface area contributed by atoms with Gasteiger partial charge in [-0.15, -0.1) is 0 Å². The van der Waals surface area contributed by atoms with E-state index in [2.05, 4.69) is 21.2 Å². The molecule has 0 spiro atoms. The maximum Gasteiger partial charge on any atom is 0.224 e. The van der Waals surface area contributed by atoms with Gasteiger partial charge < -0.3 is 11.1 Å². The Morgan fingerprint density at radius 2 is 2.11 bits per heavy atom. The standard InChI is InChI=1S/C14H17BrN2OS/c15-11-8-10(14(16)19)5-6-12(11)17-13(18)7-9-3-1-2-4-9/h5-6,8-9H,1-4,7H2,(H2,16,19)(H,17,18). The number of hydrogen-bond donors (Lipinski definition) is 2. The number of carbonyl (C=O) groups excluding carboxylic acids is 1. The van der Waals surface area contributed by atoms with Gasteiger partial charge in [-0.05, 0) is 52.9 Å². The number of amides is 1. The van der Waals surface area contributed by atoms with Crippen LogP contribution in [0.1, 0.15) is 37.7 Å². The van der Waals surface area contributed by atoms with E-state index in [1.807, 2.05) is 18.2 Å². The van der Waals surface area contributed by atoms with E-state index in [4.69, 9.17) is 18.0 Å². The van der Waals surface area contributed by atoms with Crippen LogP contribution >= 0.6 is 28.1 Å². The lowest BCUT2D eigenvalue weighted by molar-refractivity contribution is -0.117. The number of rotatable bonds is 4. The van der Waals surface area contributed by atoms with Crippen LogP contribution in [0.25, 0.3) is 0 Å². The highest BCUT2D eigenvalue weighted by Crippen LogP contribution is 2.29. The van der Waals surface area contributed by atoms with E-state index in [0.29, 0.717) is 17.3 Å². The number of thiocarbonyl (C=S) groups is 1. The zero-order valence-corrected chi connectivity index (χ0v) is 13.0. The predicted molar refractivity (Wildman–Crippen MR) is 85.2 cm³/mol. The van der Waals surface area contributed by atoms with Gasteiger partial charge in [0.15, 0.2) is 0 Å². The van der Waals surface area contributed by atoms with Gasteiger partial charge in [0, 0.05) is 16.5 Å². The van der Waals surface area contributed by atoms with Gasteiger partial charge in [0.05, 0.1) is 5.69 Å². The molecule has 3 N–H and O–H groups in total. The topological polar surface area (TPSA) is 55.1 Å². The summed E-state index contributed by atoms with van der Waals surface area (Å²) >= 11 is 8.34. The first-order chi connectivity index (χ1) is 9.06. The van der Waals surface area contributed by atoms with Crippen molar-refractivity contribution in [1.82, 2.24) is 0 Å². The fourth-order valence-electron chi connectivity index (χ4n) is 2.45. The molecule has 0 aliphatic heterocycles. The number of nitrogens with one attached hydrogen (secondary N) is 1. The molecule has 1 aliphatic carbocycles. The number of anilines is 1. The van der Waals surface area contributed by atoms with Gasteiger partial charge in [0.1, 0.15) is 4.99 Å². The van der Waals surface area contributed by atoms with Crippen molar-refractivity contribution < 1.29 is 4.79 Å². The van der Waals surface area contributed by atoms with Crippen molar-refractivity contribution in [3.8, 4) is 0 Å². The summed E-state index contributed by atoms with van der Waals surface area (Å²) in [6, 6.07) is 5.47. The van der Waals surface area contributed by atoms with Gasteiger partial charge in [-0.25, -0.2) is 0 Å².